The zero-order chi connectivity index (χ0) is 29.2. The van der Waals surface area contributed by atoms with Crippen molar-refractivity contribution in [2.24, 2.45) is 0 Å². The molecule has 8 aromatic carbocycles. The van der Waals surface area contributed by atoms with Gasteiger partial charge in [0.1, 0.15) is 0 Å². The Morgan fingerprint density at radius 1 is 0.386 bits per heavy atom. The quantitative estimate of drug-likeness (QED) is 0.190. The molecule has 0 aliphatic heterocycles. The van der Waals surface area contributed by atoms with E-state index in [0.29, 0.717) is 0 Å². The molecule has 206 valence electrons. The summed E-state index contributed by atoms with van der Waals surface area (Å²) in [7, 11) is 0. The standard InChI is InChI=1S/C43H29N/c1-28-21-26-38-39(27-28)42(36-16-4-5-17-37(36)43(38)35-18-10-12-29-11-2-3-13-32(29)35)30-22-24-31(25-23-30)44-40-19-8-6-14-33(40)34-15-7-9-20-41(34)44/h2-27H,1H3. The molecule has 1 heterocycles. The molecule has 9 rings (SSSR count). The van der Waals surface area contributed by atoms with E-state index >= 15 is 0 Å². The number of hydrogen-bond donors (Lipinski definition) is 0. The molecule has 0 spiro atoms. The number of fused-ring (bicyclic) bond motifs is 6. The topological polar surface area (TPSA) is 4.93 Å². The maximum atomic E-state index is 2.39. The van der Waals surface area contributed by atoms with Crippen molar-refractivity contribution in [2.45, 2.75) is 6.92 Å². The SMILES string of the molecule is Cc1ccc2c(-c3cccc4ccccc34)c3ccccc3c(-c3ccc(-n4c5ccccc5c5ccccc54)cc3)c2c1. The molecule has 0 radical (unpaired) electrons. The average Bonchev–Trinajstić information content (AvgIpc) is 3.41. The van der Waals surface area contributed by atoms with Crippen LogP contribution in [0.1, 0.15) is 5.56 Å². The van der Waals surface area contributed by atoms with Crippen molar-refractivity contribution in [3.63, 3.8) is 0 Å². The molecule has 0 unspecified atom stereocenters. The van der Waals surface area contributed by atoms with Gasteiger partial charge in [0.25, 0.3) is 0 Å². The first-order chi connectivity index (χ1) is 21.8. The predicted octanol–water partition coefficient (Wildman–Crippen LogP) is 11.9. The van der Waals surface area contributed by atoms with E-state index in [1.54, 1.807) is 0 Å². The van der Waals surface area contributed by atoms with Gasteiger partial charge in [0.2, 0.25) is 0 Å². The molecule has 0 bridgehead atoms. The summed E-state index contributed by atoms with van der Waals surface area (Å²) >= 11 is 0. The first kappa shape index (κ1) is 24.9. The van der Waals surface area contributed by atoms with Crippen molar-refractivity contribution in [2.75, 3.05) is 0 Å². The predicted molar refractivity (Wildman–Crippen MR) is 189 cm³/mol. The minimum atomic E-state index is 1.17. The van der Waals surface area contributed by atoms with E-state index in [9.17, 15) is 0 Å². The molecule has 0 saturated heterocycles. The van der Waals surface area contributed by atoms with E-state index in [1.807, 2.05) is 0 Å². The largest absolute Gasteiger partial charge is 0.309 e. The number of para-hydroxylation sites is 2. The normalized spacial score (nSPS) is 11.8. The molecule has 44 heavy (non-hydrogen) atoms. The van der Waals surface area contributed by atoms with Gasteiger partial charge in [0.05, 0.1) is 11.0 Å². The molecule has 0 aliphatic carbocycles. The third-order valence-corrected chi connectivity index (χ3v) is 9.23. The molecule has 9 aromatic rings. The fourth-order valence-electron chi connectivity index (χ4n) is 7.31. The van der Waals surface area contributed by atoms with E-state index in [0.717, 1.165) is 0 Å². The molecule has 1 aromatic heterocycles. The van der Waals surface area contributed by atoms with Gasteiger partial charge >= 0.3 is 0 Å². The van der Waals surface area contributed by atoms with Crippen molar-refractivity contribution >= 4 is 54.1 Å². The second kappa shape index (κ2) is 9.69. The van der Waals surface area contributed by atoms with Gasteiger partial charge in [-0.2, -0.15) is 0 Å². The van der Waals surface area contributed by atoms with Crippen LogP contribution in [0.3, 0.4) is 0 Å². The third kappa shape index (κ3) is 3.66. The maximum absolute atomic E-state index is 2.39. The van der Waals surface area contributed by atoms with Crippen molar-refractivity contribution in [3.8, 4) is 27.9 Å². The van der Waals surface area contributed by atoms with Crippen LogP contribution in [0.4, 0.5) is 0 Å². The summed E-state index contributed by atoms with van der Waals surface area (Å²) in [6.45, 7) is 2.20. The number of benzene rings is 8. The van der Waals surface area contributed by atoms with Crippen LogP contribution in [0.5, 0.6) is 0 Å². The van der Waals surface area contributed by atoms with Gasteiger partial charge in [-0.05, 0) is 85.8 Å². The molecule has 1 nitrogen and oxygen atoms in total. The highest BCUT2D eigenvalue weighted by Gasteiger charge is 2.19. The number of rotatable bonds is 3. The Hall–Kier alpha value is -5.66. The Kier molecular flexibility index (Phi) is 5.48. The Morgan fingerprint density at radius 3 is 1.64 bits per heavy atom. The molecule has 0 aliphatic rings. The van der Waals surface area contributed by atoms with E-state index in [1.165, 1.54) is 87.6 Å². The van der Waals surface area contributed by atoms with Gasteiger partial charge in [-0.25, -0.2) is 0 Å². The Morgan fingerprint density at radius 2 is 0.932 bits per heavy atom. The fourth-order valence-corrected chi connectivity index (χ4v) is 7.31. The second-order valence-corrected chi connectivity index (χ2v) is 11.8. The summed E-state index contributed by atoms with van der Waals surface area (Å²) in [4.78, 5) is 0. The van der Waals surface area contributed by atoms with Crippen LogP contribution in [-0.2, 0) is 0 Å². The minimum Gasteiger partial charge on any atom is -0.309 e. The van der Waals surface area contributed by atoms with Crippen molar-refractivity contribution < 1.29 is 0 Å². The van der Waals surface area contributed by atoms with Crippen molar-refractivity contribution in [3.05, 3.63) is 163 Å². The lowest BCUT2D eigenvalue weighted by molar-refractivity contribution is 1.18. The summed E-state index contributed by atoms with van der Waals surface area (Å²) in [5.74, 6) is 0. The summed E-state index contributed by atoms with van der Waals surface area (Å²) in [5.41, 5.74) is 9.99. The smallest absolute Gasteiger partial charge is 0.0541 e. The third-order valence-electron chi connectivity index (χ3n) is 9.23. The summed E-state index contributed by atoms with van der Waals surface area (Å²) in [6.07, 6.45) is 0. The van der Waals surface area contributed by atoms with E-state index in [-0.39, 0.29) is 0 Å². The van der Waals surface area contributed by atoms with Crippen LogP contribution in [0.15, 0.2) is 158 Å². The molecule has 0 N–H and O–H groups in total. The van der Waals surface area contributed by atoms with E-state index in [4.69, 9.17) is 0 Å². The monoisotopic (exact) mass is 559 g/mol. The van der Waals surface area contributed by atoms with Crippen LogP contribution < -0.4 is 0 Å². The van der Waals surface area contributed by atoms with Gasteiger partial charge in [0, 0.05) is 16.5 Å². The highest BCUT2D eigenvalue weighted by molar-refractivity contribution is 6.23. The van der Waals surface area contributed by atoms with Crippen LogP contribution in [-0.4, -0.2) is 4.57 Å². The maximum Gasteiger partial charge on any atom is 0.0541 e. The van der Waals surface area contributed by atoms with Crippen LogP contribution in [0.25, 0.3) is 82.1 Å². The van der Waals surface area contributed by atoms with Crippen LogP contribution >= 0.6 is 0 Å². The number of hydrogen-bond acceptors (Lipinski definition) is 0. The lowest BCUT2D eigenvalue weighted by atomic mass is 9.84. The first-order valence-corrected chi connectivity index (χ1v) is 15.3. The highest BCUT2D eigenvalue weighted by atomic mass is 15.0. The van der Waals surface area contributed by atoms with Gasteiger partial charge < -0.3 is 4.57 Å². The lowest BCUT2D eigenvalue weighted by Gasteiger charge is -2.19. The Bertz CT molecular complexity index is 2490. The average molecular weight is 560 g/mol. The molecule has 0 amide bonds. The molecule has 0 saturated carbocycles. The Labute approximate surface area is 256 Å². The molecule has 0 atom stereocenters. The lowest BCUT2D eigenvalue weighted by Crippen LogP contribution is -1.95. The fraction of sp³-hybridized carbons (Fsp3) is 0.0233. The van der Waals surface area contributed by atoms with Gasteiger partial charge in [-0.15, -0.1) is 0 Å². The second-order valence-electron chi connectivity index (χ2n) is 11.8. The van der Waals surface area contributed by atoms with Gasteiger partial charge in [-0.3, -0.25) is 0 Å². The molecular weight excluding hydrogens is 530 g/mol. The molecular formula is C43H29N. The highest BCUT2D eigenvalue weighted by Crippen LogP contribution is 2.45. The van der Waals surface area contributed by atoms with Crippen molar-refractivity contribution in [1.82, 2.24) is 4.57 Å². The zero-order valence-electron chi connectivity index (χ0n) is 24.5. The number of aromatic nitrogens is 1. The molecule has 1 heteroatoms. The van der Waals surface area contributed by atoms with E-state index in [2.05, 4.69) is 169 Å². The zero-order valence-corrected chi connectivity index (χ0v) is 24.5. The van der Waals surface area contributed by atoms with Crippen LogP contribution in [0, 0.1) is 6.92 Å². The Balaban J connectivity index is 1.32. The summed E-state index contributed by atoms with van der Waals surface area (Å²) < 4.78 is 2.39. The van der Waals surface area contributed by atoms with Gasteiger partial charge in [0.15, 0.2) is 0 Å². The number of aryl methyl sites for hydroxylation is 1. The van der Waals surface area contributed by atoms with E-state index < -0.39 is 0 Å². The summed E-state index contributed by atoms with van der Waals surface area (Å²) in [6, 6.07) is 57.9. The summed E-state index contributed by atoms with van der Waals surface area (Å²) in [5, 5.41) is 10.2. The van der Waals surface area contributed by atoms with Gasteiger partial charge in [-0.1, -0.05) is 139 Å². The minimum absolute atomic E-state index is 1.17. The van der Waals surface area contributed by atoms with Crippen LogP contribution in [0.2, 0.25) is 0 Å². The first-order valence-electron chi connectivity index (χ1n) is 15.3. The van der Waals surface area contributed by atoms with Crippen molar-refractivity contribution in [1.29, 1.82) is 0 Å². The number of nitrogens with zero attached hydrogens (tertiary/aromatic N) is 1. The molecule has 0 fully saturated rings.